The van der Waals surface area contributed by atoms with Gasteiger partial charge in [-0.1, -0.05) is 42.9 Å². The van der Waals surface area contributed by atoms with Crippen molar-refractivity contribution in [2.75, 3.05) is 20.2 Å². The monoisotopic (exact) mass is 494 g/mol. The molecule has 0 atom stereocenters. The summed E-state index contributed by atoms with van der Waals surface area (Å²) in [6.07, 6.45) is 6.78. The van der Waals surface area contributed by atoms with Crippen LogP contribution in [-0.4, -0.2) is 57.4 Å². The number of carboxylic acids is 1. The van der Waals surface area contributed by atoms with Gasteiger partial charge in [-0.25, -0.2) is 0 Å². The smallest absolute Gasteiger partial charge is 0.303 e. The first-order valence-electron chi connectivity index (χ1n) is 10.9. The van der Waals surface area contributed by atoms with Crippen LogP contribution in [0.3, 0.4) is 0 Å². The van der Waals surface area contributed by atoms with E-state index < -0.39 is 5.97 Å². The summed E-state index contributed by atoms with van der Waals surface area (Å²) in [5.41, 5.74) is 0.734. The van der Waals surface area contributed by atoms with Crippen molar-refractivity contribution < 1.29 is 29.3 Å². The third-order valence-corrected chi connectivity index (χ3v) is 6.43. The predicted molar refractivity (Wildman–Crippen MR) is 132 cm³/mol. The van der Waals surface area contributed by atoms with E-state index >= 15 is 0 Å². The molecule has 8 nitrogen and oxygen atoms in total. The fourth-order valence-electron chi connectivity index (χ4n) is 3.25. The summed E-state index contributed by atoms with van der Waals surface area (Å²) in [7, 11) is 1.47. The Morgan fingerprint density at radius 2 is 1.88 bits per heavy atom. The van der Waals surface area contributed by atoms with Gasteiger partial charge in [-0.05, 0) is 49.5 Å². The lowest BCUT2D eigenvalue weighted by Crippen LogP contribution is -2.29. The van der Waals surface area contributed by atoms with Crippen molar-refractivity contribution in [3.05, 3.63) is 28.7 Å². The van der Waals surface area contributed by atoms with Crippen LogP contribution < -0.4 is 10.1 Å². The summed E-state index contributed by atoms with van der Waals surface area (Å²) in [4.78, 5) is 37.1. The number of carbonyl (C=O) groups excluding carboxylic acids is 2. The number of hydrogen-bond acceptors (Lipinski definition) is 7. The first-order valence-corrected chi connectivity index (χ1v) is 12.1. The quantitative estimate of drug-likeness (QED) is 0.202. The molecule has 0 spiro atoms. The third-order valence-electron chi connectivity index (χ3n) is 5.05. The normalized spacial score (nSPS) is 14.7. The molecule has 0 aliphatic carbocycles. The van der Waals surface area contributed by atoms with Gasteiger partial charge in [0.15, 0.2) is 11.5 Å². The molecule has 1 saturated heterocycles. The Morgan fingerprint density at radius 1 is 1.15 bits per heavy atom. The van der Waals surface area contributed by atoms with E-state index in [-0.39, 0.29) is 24.0 Å². The molecule has 10 heteroatoms. The molecule has 1 heterocycles. The molecule has 1 aliphatic heterocycles. The minimum absolute atomic E-state index is 0.00824. The first-order chi connectivity index (χ1) is 15.8. The molecule has 2 rings (SSSR count). The molecule has 0 aromatic heterocycles. The van der Waals surface area contributed by atoms with Crippen molar-refractivity contribution in [1.82, 2.24) is 10.2 Å². The van der Waals surface area contributed by atoms with Crippen LogP contribution in [-0.2, 0) is 14.4 Å². The van der Waals surface area contributed by atoms with Gasteiger partial charge in [0.25, 0.3) is 5.91 Å². The number of aliphatic carboxylic acids is 1. The van der Waals surface area contributed by atoms with Gasteiger partial charge in [-0.3, -0.25) is 19.3 Å². The Bertz CT molecular complexity index is 903. The molecule has 1 aliphatic rings. The molecule has 1 aromatic carbocycles. The first kappa shape index (κ1) is 26.7. The molecule has 3 N–H and O–H groups in total. The number of unbranched alkanes of at least 4 members (excludes halogenated alkanes) is 4. The zero-order valence-electron chi connectivity index (χ0n) is 18.7. The highest BCUT2D eigenvalue weighted by Gasteiger charge is 2.31. The van der Waals surface area contributed by atoms with Crippen LogP contribution in [0.1, 0.15) is 56.9 Å². The molecule has 2 amide bonds. The number of amides is 2. The van der Waals surface area contributed by atoms with Crippen LogP contribution >= 0.6 is 24.0 Å². The Labute approximate surface area is 203 Å². The molecule has 0 radical (unpaired) electrons. The molecule has 0 saturated carbocycles. The second kappa shape index (κ2) is 13.8. The lowest BCUT2D eigenvalue weighted by molar-refractivity contribution is -0.137. The van der Waals surface area contributed by atoms with E-state index in [0.717, 1.165) is 37.7 Å². The van der Waals surface area contributed by atoms with Crippen LogP contribution in [0, 0.1) is 0 Å². The SMILES string of the molecule is COc1cc(/C=C2\SC(=S)N(CCCCCC(=O)NCCCCCC(=O)O)C2=O)ccc1O. The number of carbonyl (C=O) groups is 3. The number of phenols is 1. The second-order valence-electron chi connectivity index (χ2n) is 7.63. The van der Waals surface area contributed by atoms with Crippen LogP contribution in [0.2, 0.25) is 0 Å². The summed E-state index contributed by atoms with van der Waals surface area (Å²) in [5.74, 6) is -0.573. The average Bonchev–Trinajstić information content (AvgIpc) is 3.04. The average molecular weight is 495 g/mol. The van der Waals surface area contributed by atoms with Gasteiger partial charge in [0.05, 0.1) is 12.0 Å². The summed E-state index contributed by atoms with van der Waals surface area (Å²) in [6.45, 7) is 1.07. The van der Waals surface area contributed by atoms with Crippen molar-refractivity contribution in [3.8, 4) is 11.5 Å². The predicted octanol–water partition coefficient (Wildman–Crippen LogP) is 3.92. The molecular formula is C23H30N2O6S2. The fraction of sp³-hybridized carbons (Fsp3) is 0.478. The Morgan fingerprint density at radius 3 is 2.61 bits per heavy atom. The van der Waals surface area contributed by atoms with Gasteiger partial charge < -0.3 is 20.3 Å². The topological polar surface area (TPSA) is 116 Å². The number of ether oxygens (including phenoxy) is 1. The van der Waals surface area contributed by atoms with Gasteiger partial charge in [0, 0.05) is 25.9 Å². The maximum atomic E-state index is 12.7. The minimum atomic E-state index is -0.792. The van der Waals surface area contributed by atoms with E-state index in [4.69, 9.17) is 22.1 Å². The van der Waals surface area contributed by atoms with Crippen molar-refractivity contribution in [3.63, 3.8) is 0 Å². The van der Waals surface area contributed by atoms with E-state index in [2.05, 4.69) is 5.32 Å². The number of rotatable bonds is 14. The van der Waals surface area contributed by atoms with E-state index in [1.54, 1.807) is 23.1 Å². The number of thiocarbonyl (C=S) groups is 1. The zero-order valence-corrected chi connectivity index (χ0v) is 20.3. The second-order valence-corrected chi connectivity index (χ2v) is 9.31. The fourth-order valence-corrected chi connectivity index (χ4v) is 4.56. The number of methoxy groups -OCH3 is 1. The van der Waals surface area contributed by atoms with Crippen molar-refractivity contribution >= 4 is 52.2 Å². The maximum Gasteiger partial charge on any atom is 0.303 e. The highest BCUT2D eigenvalue weighted by Crippen LogP contribution is 2.34. The largest absolute Gasteiger partial charge is 0.504 e. The number of hydrogen-bond donors (Lipinski definition) is 3. The Hall–Kier alpha value is -2.59. The Balaban J connectivity index is 1.67. The number of aromatic hydroxyl groups is 1. The van der Waals surface area contributed by atoms with E-state index in [0.29, 0.717) is 40.9 Å². The molecule has 33 heavy (non-hydrogen) atoms. The number of thioether (sulfide) groups is 1. The highest BCUT2D eigenvalue weighted by molar-refractivity contribution is 8.26. The summed E-state index contributed by atoms with van der Waals surface area (Å²) in [6, 6.07) is 4.87. The molecule has 0 bridgehead atoms. The number of phenolic OH excluding ortho intramolecular Hbond substituents is 1. The third kappa shape index (κ3) is 9.05. The van der Waals surface area contributed by atoms with Crippen LogP contribution in [0.15, 0.2) is 23.1 Å². The van der Waals surface area contributed by atoms with Crippen LogP contribution in [0.4, 0.5) is 0 Å². The van der Waals surface area contributed by atoms with Gasteiger partial charge in [-0.15, -0.1) is 0 Å². The number of carboxylic acid groups (broad SMARTS) is 1. The number of nitrogens with zero attached hydrogens (tertiary/aromatic N) is 1. The summed E-state index contributed by atoms with van der Waals surface area (Å²) < 4.78 is 5.61. The zero-order chi connectivity index (χ0) is 24.2. The summed E-state index contributed by atoms with van der Waals surface area (Å²) in [5, 5.41) is 21.1. The van der Waals surface area contributed by atoms with E-state index in [9.17, 15) is 19.5 Å². The molecule has 0 unspecified atom stereocenters. The van der Waals surface area contributed by atoms with E-state index in [1.165, 1.54) is 24.9 Å². The lowest BCUT2D eigenvalue weighted by atomic mass is 10.1. The van der Waals surface area contributed by atoms with Gasteiger partial charge in [0.2, 0.25) is 5.91 Å². The number of nitrogens with one attached hydrogen (secondary N) is 1. The summed E-state index contributed by atoms with van der Waals surface area (Å²) >= 11 is 6.61. The lowest BCUT2D eigenvalue weighted by Gasteiger charge is -2.14. The molecule has 180 valence electrons. The van der Waals surface area contributed by atoms with Crippen molar-refractivity contribution in [2.45, 2.75) is 51.4 Å². The standard InChI is InChI=1S/C23H30N2O6S2/c1-31-18-14-16(10-11-17(18)26)15-19-22(30)25(23(32)33-19)13-7-3-4-8-20(27)24-12-6-2-5-9-21(28)29/h10-11,14-15,26H,2-9,12-13H2,1H3,(H,24,27)(H,28,29)/b19-15-. The van der Waals surface area contributed by atoms with Gasteiger partial charge in [0.1, 0.15) is 4.32 Å². The Kier molecular flexibility index (Phi) is 11.2. The molecule has 1 fully saturated rings. The number of benzene rings is 1. The van der Waals surface area contributed by atoms with Crippen molar-refractivity contribution in [1.29, 1.82) is 0 Å². The van der Waals surface area contributed by atoms with Gasteiger partial charge >= 0.3 is 5.97 Å². The van der Waals surface area contributed by atoms with Gasteiger partial charge in [-0.2, -0.15) is 0 Å². The van der Waals surface area contributed by atoms with E-state index in [1.807, 2.05) is 0 Å². The van der Waals surface area contributed by atoms with Crippen LogP contribution in [0.5, 0.6) is 11.5 Å². The minimum Gasteiger partial charge on any atom is -0.504 e. The van der Waals surface area contributed by atoms with Crippen molar-refractivity contribution in [2.24, 2.45) is 0 Å². The highest BCUT2D eigenvalue weighted by atomic mass is 32.2. The van der Waals surface area contributed by atoms with Crippen LogP contribution in [0.25, 0.3) is 6.08 Å². The maximum absolute atomic E-state index is 12.7. The molecular weight excluding hydrogens is 464 g/mol. The molecule has 1 aromatic rings.